The molecule has 8 heteroatoms. The molecule has 0 N–H and O–H groups in total. The van der Waals surface area contributed by atoms with Crippen molar-refractivity contribution in [3.63, 3.8) is 0 Å². The maximum absolute atomic E-state index is 13.4. The van der Waals surface area contributed by atoms with Gasteiger partial charge in [-0.05, 0) is 24.3 Å². The van der Waals surface area contributed by atoms with Gasteiger partial charge in [0, 0.05) is 41.7 Å². The molecule has 0 amide bonds. The lowest BCUT2D eigenvalue weighted by Gasteiger charge is -2.13. The van der Waals surface area contributed by atoms with E-state index in [9.17, 15) is 18.0 Å². The molecule has 1 heterocycles. The Hall–Kier alpha value is -3.62. The number of aromatic nitrogens is 2. The highest BCUT2D eigenvalue weighted by molar-refractivity contribution is 7.89. The first kappa shape index (κ1) is 19.3. The van der Waals surface area contributed by atoms with Crippen molar-refractivity contribution in [3.05, 3.63) is 83.4 Å². The van der Waals surface area contributed by atoms with Gasteiger partial charge in [0.2, 0.25) is 10.0 Å². The van der Waals surface area contributed by atoms with Crippen LogP contribution in [-0.4, -0.2) is 48.3 Å². The summed E-state index contributed by atoms with van der Waals surface area (Å²) in [5.74, 6) is -0.587. The lowest BCUT2D eigenvalue weighted by molar-refractivity contribution is 0.0950. The summed E-state index contributed by atoms with van der Waals surface area (Å²) >= 11 is 0. The molecule has 0 aliphatic heterocycles. The summed E-state index contributed by atoms with van der Waals surface area (Å²) in [4.78, 5) is 26.4. The highest BCUT2D eigenvalue weighted by atomic mass is 32.2. The second-order valence-electron chi connectivity index (χ2n) is 7.46. The molecule has 3 aromatic carbocycles. The molecule has 31 heavy (non-hydrogen) atoms. The van der Waals surface area contributed by atoms with Gasteiger partial charge in [0.05, 0.1) is 10.4 Å². The lowest BCUT2D eigenvalue weighted by Crippen LogP contribution is -2.23. The van der Waals surface area contributed by atoms with E-state index in [1.807, 2.05) is 12.1 Å². The largest absolute Gasteiger partial charge is 0.289 e. The van der Waals surface area contributed by atoms with Gasteiger partial charge in [0.15, 0.2) is 5.78 Å². The molecule has 7 nitrogen and oxygen atoms in total. The Morgan fingerprint density at radius 3 is 2.32 bits per heavy atom. The zero-order chi connectivity index (χ0) is 21.9. The Morgan fingerprint density at radius 1 is 0.903 bits per heavy atom. The number of carbonyl (C=O) groups is 2. The number of ketones is 1. The molecule has 0 radical (unpaired) electrons. The van der Waals surface area contributed by atoms with Crippen molar-refractivity contribution in [2.75, 3.05) is 14.1 Å². The highest BCUT2D eigenvalue weighted by Crippen LogP contribution is 2.38. The van der Waals surface area contributed by atoms with Crippen LogP contribution in [-0.2, 0) is 10.0 Å². The third kappa shape index (κ3) is 2.76. The second kappa shape index (κ2) is 6.69. The van der Waals surface area contributed by atoms with Gasteiger partial charge < -0.3 is 0 Å². The van der Waals surface area contributed by atoms with Crippen LogP contribution in [0.2, 0.25) is 0 Å². The third-order valence-electron chi connectivity index (χ3n) is 5.43. The number of hydrogen-bond donors (Lipinski definition) is 0. The van der Waals surface area contributed by atoms with Gasteiger partial charge in [0.25, 0.3) is 5.91 Å². The number of carbonyl (C=O) groups excluding carboxylic acids is 2. The zero-order valence-corrected chi connectivity index (χ0v) is 17.6. The van der Waals surface area contributed by atoms with Crippen LogP contribution in [0.5, 0.6) is 0 Å². The Kier molecular flexibility index (Phi) is 4.18. The van der Waals surface area contributed by atoms with Gasteiger partial charge in [-0.15, -0.1) is 0 Å². The van der Waals surface area contributed by atoms with Gasteiger partial charge >= 0.3 is 0 Å². The molecule has 0 saturated heterocycles. The highest BCUT2D eigenvalue weighted by Gasteiger charge is 2.30. The molecule has 154 valence electrons. The monoisotopic (exact) mass is 431 g/mol. The standard InChI is InChI=1S/C23H17N3O4S/c1-25(2)31(29,30)15-8-5-7-14(13-15)23(28)26-19-12-6-11-18-20(19)21(24-26)16-9-3-4-10-17(16)22(18)27/h3-13H,1-2H3. The van der Waals surface area contributed by atoms with Gasteiger partial charge in [-0.2, -0.15) is 9.78 Å². The van der Waals surface area contributed by atoms with Crippen molar-refractivity contribution in [2.45, 2.75) is 4.90 Å². The third-order valence-corrected chi connectivity index (χ3v) is 7.24. The maximum atomic E-state index is 13.4. The van der Waals surface area contributed by atoms with Crippen molar-refractivity contribution in [1.82, 2.24) is 14.1 Å². The fraction of sp³-hybridized carbons (Fsp3) is 0.0870. The summed E-state index contributed by atoms with van der Waals surface area (Å²) in [6.07, 6.45) is 0. The first-order chi connectivity index (χ1) is 14.8. The Bertz CT molecular complexity index is 1520. The summed E-state index contributed by atoms with van der Waals surface area (Å²) in [6.45, 7) is 0. The fourth-order valence-corrected chi connectivity index (χ4v) is 4.81. The van der Waals surface area contributed by atoms with Gasteiger partial charge in [-0.25, -0.2) is 12.7 Å². The van der Waals surface area contributed by atoms with Crippen molar-refractivity contribution >= 4 is 32.6 Å². The predicted octanol–water partition coefficient (Wildman–Crippen LogP) is 3.19. The molecule has 4 aromatic rings. The zero-order valence-electron chi connectivity index (χ0n) is 16.7. The SMILES string of the molecule is CN(C)S(=O)(=O)c1cccc(C(=O)n2nc3c4c(cccc42)C(=O)c2ccccc2-3)c1. The fourth-order valence-electron chi connectivity index (χ4n) is 3.86. The van der Waals surface area contributed by atoms with E-state index in [-0.39, 0.29) is 16.2 Å². The van der Waals surface area contributed by atoms with E-state index >= 15 is 0 Å². The molecule has 0 spiro atoms. The molecule has 0 unspecified atom stereocenters. The van der Waals surface area contributed by atoms with E-state index < -0.39 is 15.9 Å². The van der Waals surface area contributed by atoms with Crippen molar-refractivity contribution in [1.29, 1.82) is 0 Å². The van der Waals surface area contributed by atoms with E-state index in [1.54, 1.807) is 36.4 Å². The number of benzene rings is 3. The molecule has 1 aromatic heterocycles. The molecular formula is C23H17N3O4S. The maximum Gasteiger partial charge on any atom is 0.278 e. The summed E-state index contributed by atoms with van der Waals surface area (Å²) in [6, 6.07) is 18.2. The minimum atomic E-state index is -3.69. The summed E-state index contributed by atoms with van der Waals surface area (Å²) < 4.78 is 27.3. The second-order valence-corrected chi connectivity index (χ2v) is 9.61. The van der Waals surface area contributed by atoms with Crippen LogP contribution in [0.4, 0.5) is 0 Å². The summed E-state index contributed by atoms with van der Waals surface area (Å²) in [5, 5.41) is 5.18. The topological polar surface area (TPSA) is 89.3 Å². The number of rotatable bonds is 3. The molecule has 0 saturated carbocycles. The minimum Gasteiger partial charge on any atom is -0.289 e. The van der Waals surface area contributed by atoms with E-state index in [0.717, 1.165) is 4.31 Å². The van der Waals surface area contributed by atoms with Crippen LogP contribution in [0.3, 0.4) is 0 Å². The van der Waals surface area contributed by atoms with E-state index in [0.29, 0.717) is 33.3 Å². The van der Waals surface area contributed by atoms with Crippen LogP contribution in [0, 0.1) is 0 Å². The lowest BCUT2D eigenvalue weighted by atomic mass is 9.87. The average Bonchev–Trinajstić information content (AvgIpc) is 3.17. The quantitative estimate of drug-likeness (QED) is 0.438. The summed E-state index contributed by atoms with van der Waals surface area (Å²) in [5.41, 5.74) is 2.95. The molecule has 0 bridgehead atoms. The first-order valence-electron chi connectivity index (χ1n) is 9.54. The first-order valence-corrected chi connectivity index (χ1v) is 11.0. The molecule has 0 fully saturated rings. The molecule has 0 atom stereocenters. The average molecular weight is 431 g/mol. The van der Waals surface area contributed by atoms with Gasteiger partial charge in [-0.1, -0.05) is 42.5 Å². The van der Waals surface area contributed by atoms with E-state index in [1.165, 1.54) is 37.0 Å². The van der Waals surface area contributed by atoms with Crippen LogP contribution in [0.15, 0.2) is 71.6 Å². The Balaban J connectivity index is 1.72. The van der Waals surface area contributed by atoms with Crippen LogP contribution >= 0.6 is 0 Å². The smallest absolute Gasteiger partial charge is 0.278 e. The van der Waals surface area contributed by atoms with Gasteiger partial charge in [-0.3, -0.25) is 9.59 Å². The van der Waals surface area contributed by atoms with Crippen LogP contribution < -0.4 is 0 Å². The Labute approximate surface area is 178 Å². The Morgan fingerprint density at radius 2 is 1.58 bits per heavy atom. The number of fused-ring (bicyclic) bond motifs is 2. The molecule has 1 aliphatic rings. The van der Waals surface area contributed by atoms with E-state index in [4.69, 9.17) is 0 Å². The van der Waals surface area contributed by atoms with Crippen molar-refractivity contribution in [2.24, 2.45) is 0 Å². The molecule has 1 aliphatic carbocycles. The number of sulfonamides is 1. The van der Waals surface area contributed by atoms with Gasteiger partial charge in [0.1, 0.15) is 5.69 Å². The minimum absolute atomic E-state index is 0.0190. The number of nitrogens with zero attached hydrogens (tertiary/aromatic N) is 3. The van der Waals surface area contributed by atoms with Crippen molar-refractivity contribution in [3.8, 4) is 11.3 Å². The van der Waals surface area contributed by atoms with Crippen LogP contribution in [0.1, 0.15) is 26.3 Å². The number of hydrogen-bond acceptors (Lipinski definition) is 5. The summed E-state index contributed by atoms with van der Waals surface area (Å²) in [7, 11) is -0.828. The van der Waals surface area contributed by atoms with Crippen molar-refractivity contribution < 1.29 is 18.0 Å². The molecular weight excluding hydrogens is 414 g/mol. The van der Waals surface area contributed by atoms with E-state index in [2.05, 4.69) is 5.10 Å². The predicted molar refractivity (Wildman–Crippen MR) is 116 cm³/mol. The van der Waals surface area contributed by atoms with Crippen LogP contribution in [0.25, 0.3) is 22.2 Å². The normalized spacial score (nSPS) is 12.9. The molecule has 5 rings (SSSR count).